The van der Waals surface area contributed by atoms with Gasteiger partial charge in [-0.3, -0.25) is 14.5 Å². The SMILES string of the molecule is CNC(=O)CN(C)CCC(N)=O. The van der Waals surface area contributed by atoms with E-state index in [1.165, 1.54) is 0 Å². The van der Waals surface area contributed by atoms with Gasteiger partial charge in [0.2, 0.25) is 11.8 Å². The Hall–Kier alpha value is -1.10. The minimum absolute atomic E-state index is 0.0676. The molecule has 0 heterocycles. The van der Waals surface area contributed by atoms with Crippen molar-refractivity contribution in [1.29, 1.82) is 0 Å². The predicted molar refractivity (Wildman–Crippen MR) is 45.4 cm³/mol. The lowest BCUT2D eigenvalue weighted by Gasteiger charge is -2.13. The molecule has 0 fully saturated rings. The molecule has 0 saturated heterocycles. The number of hydrogen-bond donors (Lipinski definition) is 2. The molecule has 3 N–H and O–H groups in total. The second kappa shape index (κ2) is 5.54. The molecule has 2 amide bonds. The Labute approximate surface area is 71.9 Å². The number of primary amides is 1. The van der Waals surface area contributed by atoms with E-state index < -0.39 is 0 Å². The number of nitrogens with one attached hydrogen (secondary N) is 1. The monoisotopic (exact) mass is 173 g/mol. The molecular weight excluding hydrogens is 158 g/mol. The van der Waals surface area contributed by atoms with Crippen LogP contribution in [0.15, 0.2) is 0 Å². The molecule has 0 unspecified atom stereocenters. The molecule has 0 aliphatic rings. The standard InChI is InChI=1S/C7H15N3O2/c1-9-7(12)5-10(2)4-3-6(8)11/h3-5H2,1-2H3,(H2,8,11)(H,9,12). The average molecular weight is 173 g/mol. The van der Waals surface area contributed by atoms with Crippen molar-refractivity contribution in [2.45, 2.75) is 6.42 Å². The highest BCUT2D eigenvalue weighted by atomic mass is 16.2. The molecule has 5 nitrogen and oxygen atoms in total. The van der Waals surface area contributed by atoms with E-state index in [1.54, 1.807) is 19.0 Å². The van der Waals surface area contributed by atoms with Crippen molar-refractivity contribution < 1.29 is 9.59 Å². The summed E-state index contributed by atoms with van der Waals surface area (Å²) in [6.07, 6.45) is 0.285. The molecular formula is C7H15N3O2. The van der Waals surface area contributed by atoms with Gasteiger partial charge in [0.25, 0.3) is 0 Å². The molecule has 0 aliphatic heterocycles. The fraction of sp³-hybridized carbons (Fsp3) is 0.714. The number of carbonyl (C=O) groups excluding carboxylic acids is 2. The van der Waals surface area contributed by atoms with Gasteiger partial charge in [-0.1, -0.05) is 0 Å². The van der Waals surface area contributed by atoms with Crippen molar-refractivity contribution in [3.8, 4) is 0 Å². The van der Waals surface area contributed by atoms with E-state index in [-0.39, 0.29) is 18.2 Å². The Morgan fingerprint density at radius 3 is 2.50 bits per heavy atom. The zero-order chi connectivity index (χ0) is 9.56. The van der Waals surface area contributed by atoms with Crippen molar-refractivity contribution in [1.82, 2.24) is 10.2 Å². The summed E-state index contributed by atoms with van der Waals surface area (Å²) in [5.74, 6) is -0.416. The summed E-state index contributed by atoms with van der Waals surface area (Å²) in [5, 5.41) is 2.49. The van der Waals surface area contributed by atoms with E-state index >= 15 is 0 Å². The van der Waals surface area contributed by atoms with E-state index in [1.807, 2.05) is 0 Å². The Morgan fingerprint density at radius 1 is 1.50 bits per heavy atom. The number of rotatable bonds is 5. The van der Waals surface area contributed by atoms with Gasteiger partial charge >= 0.3 is 0 Å². The number of nitrogens with zero attached hydrogens (tertiary/aromatic N) is 1. The lowest BCUT2D eigenvalue weighted by molar-refractivity contribution is -0.122. The Bertz CT molecular complexity index is 170. The van der Waals surface area contributed by atoms with Crippen LogP contribution < -0.4 is 11.1 Å². The largest absolute Gasteiger partial charge is 0.370 e. The molecule has 12 heavy (non-hydrogen) atoms. The van der Waals surface area contributed by atoms with Crippen molar-refractivity contribution in [2.75, 3.05) is 27.2 Å². The van der Waals surface area contributed by atoms with Crippen LogP contribution >= 0.6 is 0 Å². The lowest BCUT2D eigenvalue weighted by atomic mass is 10.4. The highest BCUT2D eigenvalue weighted by Gasteiger charge is 2.04. The summed E-state index contributed by atoms with van der Waals surface area (Å²) in [4.78, 5) is 22.9. The number of carbonyl (C=O) groups is 2. The van der Waals surface area contributed by atoms with Crippen LogP contribution in [0, 0.1) is 0 Å². The zero-order valence-electron chi connectivity index (χ0n) is 7.46. The first-order valence-corrected chi connectivity index (χ1v) is 3.73. The first-order valence-electron chi connectivity index (χ1n) is 3.73. The maximum Gasteiger partial charge on any atom is 0.233 e. The van der Waals surface area contributed by atoms with Gasteiger partial charge in [-0.2, -0.15) is 0 Å². The first-order chi connectivity index (χ1) is 5.56. The summed E-state index contributed by atoms with van der Waals surface area (Å²) in [6.45, 7) is 0.812. The third kappa shape index (κ3) is 5.67. The lowest BCUT2D eigenvalue weighted by Crippen LogP contribution is -2.34. The van der Waals surface area contributed by atoms with Crippen molar-refractivity contribution in [3.05, 3.63) is 0 Å². The third-order valence-corrected chi connectivity index (χ3v) is 1.43. The fourth-order valence-corrected chi connectivity index (χ4v) is 0.704. The molecule has 0 spiro atoms. The summed E-state index contributed by atoms with van der Waals surface area (Å²) in [7, 11) is 3.34. The second-order valence-corrected chi connectivity index (χ2v) is 2.63. The summed E-state index contributed by atoms with van der Waals surface area (Å²) in [5.41, 5.74) is 4.94. The van der Waals surface area contributed by atoms with E-state index in [4.69, 9.17) is 5.73 Å². The van der Waals surface area contributed by atoms with Crippen molar-refractivity contribution in [3.63, 3.8) is 0 Å². The molecule has 0 saturated carbocycles. The quantitative estimate of drug-likeness (QED) is 0.533. The zero-order valence-corrected chi connectivity index (χ0v) is 7.46. The van der Waals surface area contributed by atoms with Crippen LogP contribution in [0.3, 0.4) is 0 Å². The maximum absolute atomic E-state index is 10.8. The van der Waals surface area contributed by atoms with Gasteiger partial charge in [0.1, 0.15) is 0 Å². The number of nitrogens with two attached hydrogens (primary N) is 1. The summed E-state index contributed by atoms with van der Waals surface area (Å²) in [6, 6.07) is 0. The van der Waals surface area contributed by atoms with Gasteiger partial charge in [0.15, 0.2) is 0 Å². The van der Waals surface area contributed by atoms with Gasteiger partial charge in [-0.15, -0.1) is 0 Å². The van der Waals surface area contributed by atoms with Crippen LogP contribution in [0.2, 0.25) is 0 Å². The highest BCUT2D eigenvalue weighted by molar-refractivity contribution is 5.77. The summed E-state index contributed by atoms with van der Waals surface area (Å²) >= 11 is 0. The van der Waals surface area contributed by atoms with Gasteiger partial charge in [0, 0.05) is 20.0 Å². The molecule has 0 aromatic rings. The topological polar surface area (TPSA) is 75.4 Å². The third-order valence-electron chi connectivity index (χ3n) is 1.43. The smallest absolute Gasteiger partial charge is 0.233 e. The Kier molecular flexibility index (Phi) is 5.03. The fourth-order valence-electron chi connectivity index (χ4n) is 0.704. The van der Waals surface area contributed by atoms with E-state index in [2.05, 4.69) is 5.32 Å². The average Bonchev–Trinajstić information content (AvgIpc) is 2.00. The van der Waals surface area contributed by atoms with Crippen LogP contribution in [0.1, 0.15) is 6.42 Å². The molecule has 0 aliphatic carbocycles. The van der Waals surface area contributed by atoms with Gasteiger partial charge in [-0.25, -0.2) is 0 Å². The Balaban J connectivity index is 3.52. The normalized spacial score (nSPS) is 9.92. The highest BCUT2D eigenvalue weighted by Crippen LogP contribution is 1.85. The molecule has 0 aromatic heterocycles. The van der Waals surface area contributed by atoms with Crippen LogP contribution in [-0.4, -0.2) is 43.9 Å². The van der Waals surface area contributed by atoms with Gasteiger partial charge in [0.05, 0.1) is 6.54 Å². The molecule has 0 aromatic carbocycles. The van der Waals surface area contributed by atoms with Crippen LogP contribution in [0.5, 0.6) is 0 Å². The minimum atomic E-state index is -0.348. The first kappa shape index (κ1) is 10.9. The maximum atomic E-state index is 10.8. The van der Waals surface area contributed by atoms with E-state index in [0.717, 1.165) is 0 Å². The number of likely N-dealkylation sites (N-methyl/N-ethyl adjacent to an activating group) is 2. The second-order valence-electron chi connectivity index (χ2n) is 2.63. The van der Waals surface area contributed by atoms with Crippen LogP contribution in [0.25, 0.3) is 0 Å². The molecule has 0 radical (unpaired) electrons. The molecule has 0 rings (SSSR count). The summed E-state index contributed by atoms with van der Waals surface area (Å²) < 4.78 is 0. The Morgan fingerprint density at radius 2 is 2.08 bits per heavy atom. The van der Waals surface area contributed by atoms with Crippen LogP contribution in [-0.2, 0) is 9.59 Å². The minimum Gasteiger partial charge on any atom is -0.370 e. The van der Waals surface area contributed by atoms with Gasteiger partial charge in [-0.05, 0) is 7.05 Å². The predicted octanol–water partition coefficient (Wildman–Crippen LogP) is -1.46. The van der Waals surface area contributed by atoms with Gasteiger partial charge < -0.3 is 11.1 Å². The van der Waals surface area contributed by atoms with E-state index in [0.29, 0.717) is 13.1 Å². The van der Waals surface area contributed by atoms with Crippen molar-refractivity contribution in [2.24, 2.45) is 5.73 Å². The number of hydrogen-bond acceptors (Lipinski definition) is 3. The number of amides is 2. The molecule has 0 bridgehead atoms. The molecule has 0 atom stereocenters. The van der Waals surface area contributed by atoms with E-state index in [9.17, 15) is 9.59 Å². The van der Waals surface area contributed by atoms with Crippen molar-refractivity contribution >= 4 is 11.8 Å². The molecule has 70 valence electrons. The van der Waals surface area contributed by atoms with Crippen LogP contribution in [0.4, 0.5) is 0 Å². The molecule has 5 heteroatoms.